The molecule has 1 saturated carbocycles. The molecule has 5 heteroatoms. The first-order valence-corrected chi connectivity index (χ1v) is 6.37. The predicted molar refractivity (Wildman–Crippen MR) is 70.7 cm³/mol. The van der Waals surface area contributed by atoms with Gasteiger partial charge < -0.3 is 10.6 Å². The zero-order valence-electron chi connectivity index (χ0n) is 9.30. The Labute approximate surface area is 110 Å². The number of carbonyl (C=O) groups is 1. The van der Waals surface area contributed by atoms with Gasteiger partial charge in [0, 0.05) is 6.54 Å². The maximum Gasteiger partial charge on any atom is 0.239 e. The van der Waals surface area contributed by atoms with Crippen molar-refractivity contribution in [1.82, 2.24) is 5.32 Å². The average molecular weight is 273 g/mol. The second-order valence-electron chi connectivity index (χ2n) is 4.20. The summed E-state index contributed by atoms with van der Waals surface area (Å²) in [6.45, 7) is 0.965. The lowest BCUT2D eigenvalue weighted by Crippen LogP contribution is -2.31. The molecule has 17 heavy (non-hydrogen) atoms. The van der Waals surface area contributed by atoms with Crippen LogP contribution in [-0.4, -0.2) is 19.0 Å². The van der Waals surface area contributed by atoms with Gasteiger partial charge in [-0.3, -0.25) is 4.79 Å². The van der Waals surface area contributed by atoms with Crippen LogP contribution >= 0.6 is 23.2 Å². The highest BCUT2D eigenvalue weighted by atomic mass is 35.5. The summed E-state index contributed by atoms with van der Waals surface area (Å²) in [6.07, 6.45) is 2.45. The monoisotopic (exact) mass is 272 g/mol. The largest absolute Gasteiger partial charge is 0.374 e. The fourth-order valence-corrected chi connectivity index (χ4v) is 2.01. The second kappa shape index (κ2) is 5.61. The highest BCUT2D eigenvalue weighted by Gasteiger charge is 2.21. The molecule has 0 bridgehead atoms. The van der Waals surface area contributed by atoms with Gasteiger partial charge in [0.1, 0.15) is 0 Å². The Balaban J connectivity index is 1.81. The molecule has 92 valence electrons. The molecule has 0 aliphatic heterocycles. The van der Waals surface area contributed by atoms with Crippen LogP contribution < -0.4 is 10.6 Å². The van der Waals surface area contributed by atoms with Crippen LogP contribution in [0.4, 0.5) is 5.69 Å². The number of halogens is 2. The summed E-state index contributed by atoms with van der Waals surface area (Å²) in [5.41, 5.74) is 0.609. The summed E-state index contributed by atoms with van der Waals surface area (Å²) in [5.74, 6) is 0.649. The molecule has 0 heterocycles. The van der Waals surface area contributed by atoms with Gasteiger partial charge in [0.15, 0.2) is 0 Å². The minimum absolute atomic E-state index is 0.0344. The van der Waals surface area contributed by atoms with E-state index in [9.17, 15) is 4.79 Å². The summed E-state index contributed by atoms with van der Waals surface area (Å²) in [6, 6.07) is 5.23. The van der Waals surface area contributed by atoms with Gasteiger partial charge >= 0.3 is 0 Å². The fourth-order valence-electron chi connectivity index (χ4n) is 1.48. The molecular weight excluding hydrogens is 259 g/mol. The van der Waals surface area contributed by atoms with E-state index in [2.05, 4.69) is 10.6 Å². The molecule has 2 N–H and O–H groups in total. The number of hydrogen-bond acceptors (Lipinski definition) is 2. The number of amides is 1. The van der Waals surface area contributed by atoms with Crippen LogP contribution in [0.5, 0.6) is 0 Å². The highest BCUT2D eigenvalue weighted by Crippen LogP contribution is 2.29. The van der Waals surface area contributed by atoms with E-state index in [1.165, 1.54) is 12.8 Å². The normalized spacial score (nSPS) is 14.5. The average Bonchev–Trinajstić information content (AvgIpc) is 3.09. The van der Waals surface area contributed by atoms with Gasteiger partial charge in [-0.05, 0) is 30.9 Å². The van der Waals surface area contributed by atoms with Crippen molar-refractivity contribution in [1.29, 1.82) is 0 Å². The van der Waals surface area contributed by atoms with Crippen LogP contribution in [0.1, 0.15) is 12.8 Å². The Bertz CT molecular complexity index is 399. The number of benzene rings is 1. The van der Waals surface area contributed by atoms with Gasteiger partial charge in [0.25, 0.3) is 0 Å². The summed E-state index contributed by atoms with van der Waals surface area (Å²) >= 11 is 11.9. The number of anilines is 1. The van der Waals surface area contributed by atoms with Gasteiger partial charge in [-0.2, -0.15) is 0 Å². The topological polar surface area (TPSA) is 41.1 Å². The molecule has 0 atom stereocenters. The second-order valence-corrected chi connectivity index (χ2v) is 5.01. The number of carbonyl (C=O) groups excluding carboxylic acids is 1. The summed E-state index contributed by atoms with van der Waals surface area (Å²) in [4.78, 5) is 11.5. The summed E-state index contributed by atoms with van der Waals surface area (Å²) < 4.78 is 0. The molecule has 0 aromatic heterocycles. The summed E-state index contributed by atoms with van der Waals surface area (Å²) in [5, 5.41) is 6.86. The Morgan fingerprint density at radius 3 is 2.53 bits per heavy atom. The third-order valence-corrected chi connectivity index (χ3v) is 3.30. The van der Waals surface area contributed by atoms with Gasteiger partial charge in [-0.15, -0.1) is 0 Å². The molecule has 3 nitrogen and oxygen atoms in total. The lowest BCUT2D eigenvalue weighted by atomic mass is 10.3. The van der Waals surface area contributed by atoms with Crippen LogP contribution in [0.15, 0.2) is 18.2 Å². The molecule has 2 rings (SSSR count). The van der Waals surface area contributed by atoms with Gasteiger partial charge in [0.05, 0.1) is 22.3 Å². The van der Waals surface area contributed by atoms with Gasteiger partial charge in [-0.25, -0.2) is 0 Å². The third kappa shape index (κ3) is 3.79. The van der Waals surface area contributed by atoms with E-state index in [-0.39, 0.29) is 12.5 Å². The highest BCUT2D eigenvalue weighted by molar-refractivity contribution is 6.39. The molecule has 0 saturated heterocycles. The molecule has 1 aromatic carbocycles. The van der Waals surface area contributed by atoms with Crippen molar-refractivity contribution < 1.29 is 4.79 Å². The number of hydrogen-bond donors (Lipinski definition) is 2. The fraction of sp³-hybridized carbons (Fsp3) is 0.417. The van der Waals surface area contributed by atoms with Crippen LogP contribution in [0.3, 0.4) is 0 Å². The van der Waals surface area contributed by atoms with Crippen molar-refractivity contribution in [2.75, 3.05) is 18.4 Å². The first-order chi connectivity index (χ1) is 8.16. The van der Waals surface area contributed by atoms with Crippen molar-refractivity contribution in [2.45, 2.75) is 12.8 Å². The van der Waals surface area contributed by atoms with E-state index in [0.29, 0.717) is 21.7 Å². The van der Waals surface area contributed by atoms with E-state index in [1.807, 2.05) is 0 Å². The zero-order chi connectivity index (χ0) is 12.3. The molecule has 0 unspecified atom stereocenters. The van der Waals surface area contributed by atoms with Gasteiger partial charge in [0.2, 0.25) is 5.91 Å². The predicted octanol–water partition coefficient (Wildman–Crippen LogP) is 2.93. The molecule has 1 amide bonds. The molecule has 0 spiro atoms. The summed E-state index contributed by atoms with van der Waals surface area (Å²) in [7, 11) is 0. The maximum absolute atomic E-state index is 11.5. The zero-order valence-corrected chi connectivity index (χ0v) is 10.8. The smallest absolute Gasteiger partial charge is 0.239 e. The molecule has 1 aromatic rings. The molecule has 1 fully saturated rings. The quantitative estimate of drug-likeness (QED) is 0.866. The van der Waals surface area contributed by atoms with Crippen LogP contribution in [0, 0.1) is 5.92 Å². The van der Waals surface area contributed by atoms with Crippen molar-refractivity contribution in [3.8, 4) is 0 Å². The van der Waals surface area contributed by atoms with Crippen LogP contribution in [-0.2, 0) is 4.79 Å². The molecule has 0 radical (unpaired) electrons. The number of nitrogens with one attached hydrogen (secondary N) is 2. The lowest BCUT2D eigenvalue weighted by molar-refractivity contribution is -0.119. The minimum atomic E-state index is -0.0344. The van der Waals surface area contributed by atoms with E-state index >= 15 is 0 Å². The lowest BCUT2D eigenvalue weighted by Gasteiger charge is -2.10. The Morgan fingerprint density at radius 2 is 1.94 bits per heavy atom. The number of para-hydroxylation sites is 1. The molecular formula is C12H14Cl2N2O. The molecule has 1 aliphatic carbocycles. The van der Waals surface area contributed by atoms with E-state index in [1.54, 1.807) is 18.2 Å². The van der Waals surface area contributed by atoms with Crippen molar-refractivity contribution in [3.63, 3.8) is 0 Å². The standard InChI is InChI=1S/C12H14Cl2N2O/c13-9-2-1-3-10(14)12(9)16-7-11(17)15-6-8-4-5-8/h1-3,8,16H,4-7H2,(H,15,17). The van der Waals surface area contributed by atoms with E-state index in [4.69, 9.17) is 23.2 Å². The Kier molecular flexibility index (Phi) is 4.13. The third-order valence-electron chi connectivity index (χ3n) is 2.67. The van der Waals surface area contributed by atoms with Crippen LogP contribution in [0.2, 0.25) is 10.0 Å². The van der Waals surface area contributed by atoms with E-state index in [0.717, 1.165) is 6.54 Å². The first-order valence-electron chi connectivity index (χ1n) is 5.61. The number of rotatable bonds is 5. The first kappa shape index (κ1) is 12.5. The van der Waals surface area contributed by atoms with Crippen LogP contribution in [0.25, 0.3) is 0 Å². The van der Waals surface area contributed by atoms with Crippen molar-refractivity contribution in [2.24, 2.45) is 5.92 Å². The van der Waals surface area contributed by atoms with Gasteiger partial charge in [-0.1, -0.05) is 29.3 Å². The Morgan fingerprint density at radius 1 is 1.29 bits per heavy atom. The van der Waals surface area contributed by atoms with E-state index < -0.39 is 0 Å². The minimum Gasteiger partial charge on any atom is -0.374 e. The molecule has 1 aliphatic rings. The SMILES string of the molecule is O=C(CNc1c(Cl)cccc1Cl)NCC1CC1. The maximum atomic E-state index is 11.5. The Hall–Kier alpha value is -0.930. The van der Waals surface area contributed by atoms with Crippen molar-refractivity contribution >= 4 is 34.8 Å². The van der Waals surface area contributed by atoms with Crippen molar-refractivity contribution in [3.05, 3.63) is 28.2 Å².